The number of carbonyl (C=O) groups is 2. The maximum absolute atomic E-state index is 11.2. The fraction of sp³-hybridized carbons (Fsp3) is 0.316. The zero-order valence-electron chi connectivity index (χ0n) is 14.5. The summed E-state index contributed by atoms with van der Waals surface area (Å²) in [6.45, 7) is 2.88. The first-order valence-corrected chi connectivity index (χ1v) is 8.61. The number of nitrogens with one attached hydrogen (secondary N) is 1. The third-order valence-corrected chi connectivity index (χ3v) is 4.54. The monoisotopic (exact) mass is 355 g/mol. The van der Waals surface area contributed by atoms with E-state index >= 15 is 0 Å². The average Bonchev–Trinajstić information content (AvgIpc) is 2.92. The van der Waals surface area contributed by atoms with Gasteiger partial charge in [0.05, 0.1) is 40.9 Å². The number of fused-ring (bicyclic) bond motifs is 3. The highest BCUT2D eigenvalue weighted by Crippen LogP contribution is 2.40. The van der Waals surface area contributed by atoms with E-state index in [1.165, 1.54) is 6.20 Å². The van der Waals surface area contributed by atoms with Crippen molar-refractivity contribution in [1.82, 2.24) is 9.55 Å². The van der Waals surface area contributed by atoms with Crippen LogP contribution in [0.15, 0.2) is 24.5 Å². The second-order valence-corrected chi connectivity index (χ2v) is 6.24. The minimum absolute atomic E-state index is 0.00293. The van der Waals surface area contributed by atoms with Crippen LogP contribution in [-0.4, -0.2) is 32.1 Å². The summed E-state index contributed by atoms with van der Waals surface area (Å²) in [6, 6.07) is 3.55. The van der Waals surface area contributed by atoms with Crippen LogP contribution in [0, 0.1) is 0 Å². The largest absolute Gasteiger partial charge is 0.506 e. The number of anilines is 1. The Hall–Kier alpha value is -3.09. The van der Waals surface area contributed by atoms with Gasteiger partial charge in [0.2, 0.25) is 6.41 Å². The molecule has 0 spiro atoms. The molecule has 0 aliphatic rings. The van der Waals surface area contributed by atoms with Crippen LogP contribution >= 0.6 is 0 Å². The van der Waals surface area contributed by atoms with Crippen molar-refractivity contribution in [2.24, 2.45) is 0 Å². The van der Waals surface area contributed by atoms with E-state index in [4.69, 9.17) is 5.11 Å². The molecule has 0 aliphatic carbocycles. The van der Waals surface area contributed by atoms with E-state index in [1.807, 2.05) is 6.07 Å². The maximum atomic E-state index is 11.2. The molecule has 0 aliphatic heterocycles. The van der Waals surface area contributed by atoms with Gasteiger partial charge in [0, 0.05) is 11.9 Å². The van der Waals surface area contributed by atoms with Gasteiger partial charge in [-0.25, -0.2) is 0 Å². The molecule has 0 saturated carbocycles. The fourth-order valence-electron chi connectivity index (χ4n) is 3.44. The molecule has 0 fully saturated rings. The Morgan fingerprint density at radius 1 is 1.23 bits per heavy atom. The van der Waals surface area contributed by atoms with Gasteiger partial charge >= 0.3 is 5.97 Å². The van der Waals surface area contributed by atoms with Crippen LogP contribution in [0.1, 0.15) is 31.7 Å². The number of aromatic nitrogens is 2. The third-order valence-electron chi connectivity index (χ3n) is 4.54. The number of carboxylic acid groups (broad SMARTS) is 1. The van der Waals surface area contributed by atoms with E-state index < -0.39 is 5.97 Å². The molecular weight excluding hydrogens is 334 g/mol. The van der Waals surface area contributed by atoms with Crippen molar-refractivity contribution in [3.8, 4) is 5.75 Å². The summed E-state index contributed by atoms with van der Waals surface area (Å²) in [5.41, 5.74) is 2.50. The van der Waals surface area contributed by atoms with Crippen molar-refractivity contribution in [2.75, 3.05) is 5.32 Å². The molecule has 0 unspecified atom stereocenters. The minimum Gasteiger partial charge on any atom is -0.506 e. The van der Waals surface area contributed by atoms with Crippen molar-refractivity contribution >= 4 is 39.9 Å². The Labute approximate surface area is 150 Å². The lowest BCUT2D eigenvalue weighted by Crippen LogP contribution is -2.06. The Kier molecular flexibility index (Phi) is 5.06. The molecule has 0 bridgehead atoms. The second-order valence-electron chi connectivity index (χ2n) is 6.24. The number of nitrogens with zero attached hydrogens (tertiary/aromatic N) is 2. The first-order chi connectivity index (χ1) is 12.6. The number of pyridine rings is 1. The molecule has 0 radical (unpaired) electrons. The lowest BCUT2D eigenvalue weighted by Gasteiger charge is -2.11. The summed E-state index contributed by atoms with van der Waals surface area (Å²) in [5, 5.41) is 23.4. The second kappa shape index (κ2) is 7.43. The summed E-state index contributed by atoms with van der Waals surface area (Å²) < 4.78 is 2.06. The van der Waals surface area contributed by atoms with Gasteiger partial charge in [0.15, 0.2) is 0 Å². The molecule has 2 aromatic heterocycles. The van der Waals surface area contributed by atoms with Gasteiger partial charge in [-0.2, -0.15) is 0 Å². The molecule has 3 rings (SSSR count). The van der Waals surface area contributed by atoms with Gasteiger partial charge in [-0.3, -0.25) is 14.6 Å². The predicted molar refractivity (Wildman–Crippen MR) is 99.5 cm³/mol. The number of hydrogen-bond acceptors (Lipinski definition) is 4. The molecule has 7 heteroatoms. The van der Waals surface area contributed by atoms with Crippen LogP contribution in [-0.2, 0) is 22.6 Å². The Balaban J connectivity index is 2.34. The molecule has 26 heavy (non-hydrogen) atoms. The number of carbonyl (C=O) groups excluding carboxylic acids is 1. The topological polar surface area (TPSA) is 104 Å². The standard InChI is InChI=1S/C19H21N3O4/c1-2-3-4-7-22-13-6-5-12(8-16(25)26)19(21-11-23)18(13)17-14(22)9-20-10-15(17)24/h5-6,9-11,24H,2-4,7-8H2,1H3,(H,21,23)(H,25,26). The smallest absolute Gasteiger partial charge is 0.307 e. The number of rotatable bonds is 8. The quantitative estimate of drug-likeness (QED) is 0.425. The van der Waals surface area contributed by atoms with Crippen molar-refractivity contribution in [3.05, 3.63) is 30.1 Å². The van der Waals surface area contributed by atoms with Crippen LogP contribution in [0.4, 0.5) is 5.69 Å². The highest BCUT2D eigenvalue weighted by molar-refractivity contribution is 6.18. The van der Waals surface area contributed by atoms with Gasteiger partial charge in [0.1, 0.15) is 5.75 Å². The maximum Gasteiger partial charge on any atom is 0.307 e. The number of aromatic hydroxyl groups is 1. The van der Waals surface area contributed by atoms with Crippen LogP contribution in [0.25, 0.3) is 21.8 Å². The Bertz CT molecular complexity index is 978. The van der Waals surface area contributed by atoms with E-state index in [9.17, 15) is 14.7 Å². The fourth-order valence-corrected chi connectivity index (χ4v) is 3.44. The predicted octanol–water partition coefficient (Wildman–Crippen LogP) is 3.28. The van der Waals surface area contributed by atoms with E-state index in [0.717, 1.165) is 36.8 Å². The Morgan fingerprint density at radius 3 is 2.73 bits per heavy atom. The van der Waals surface area contributed by atoms with Crippen molar-refractivity contribution < 1.29 is 19.8 Å². The minimum atomic E-state index is -0.990. The van der Waals surface area contributed by atoms with Gasteiger partial charge in [-0.15, -0.1) is 0 Å². The van der Waals surface area contributed by atoms with Crippen LogP contribution in [0.5, 0.6) is 5.75 Å². The number of carboxylic acids is 1. The number of aliphatic carboxylic acids is 1. The van der Waals surface area contributed by atoms with Crippen LogP contribution < -0.4 is 5.32 Å². The van der Waals surface area contributed by atoms with Crippen LogP contribution in [0.2, 0.25) is 0 Å². The molecule has 7 nitrogen and oxygen atoms in total. The van der Waals surface area contributed by atoms with Gasteiger partial charge in [-0.1, -0.05) is 25.8 Å². The summed E-state index contributed by atoms with van der Waals surface area (Å²) in [4.78, 5) is 26.4. The summed E-state index contributed by atoms with van der Waals surface area (Å²) in [6.07, 6.45) is 6.47. The molecule has 1 aromatic carbocycles. The molecule has 3 N–H and O–H groups in total. The number of benzene rings is 1. The lowest BCUT2D eigenvalue weighted by molar-refractivity contribution is -0.136. The molecular formula is C19H21N3O4. The summed E-state index contributed by atoms with van der Waals surface area (Å²) >= 11 is 0. The number of aryl methyl sites for hydroxylation is 1. The van der Waals surface area contributed by atoms with Gasteiger partial charge in [-0.05, 0) is 18.1 Å². The molecule has 3 aromatic rings. The Morgan fingerprint density at radius 2 is 2.04 bits per heavy atom. The SMILES string of the molecule is CCCCCn1c2cncc(O)c2c2c(NC=O)c(CC(=O)O)ccc21. The number of hydrogen-bond donors (Lipinski definition) is 3. The number of amides is 1. The van der Waals surface area contributed by atoms with E-state index in [-0.39, 0.29) is 12.2 Å². The summed E-state index contributed by atoms with van der Waals surface area (Å²) in [5.74, 6) is -0.987. The zero-order chi connectivity index (χ0) is 18.7. The molecule has 2 heterocycles. The van der Waals surface area contributed by atoms with Crippen molar-refractivity contribution in [3.63, 3.8) is 0 Å². The first-order valence-electron chi connectivity index (χ1n) is 8.61. The summed E-state index contributed by atoms with van der Waals surface area (Å²) in [7, 11) is 0. The van der Waals surface area contributed by atoms with E-state index in [0.29, 0.717) is 28.4 Å². The lowest BCUT2D eigenvalue weighted by atomic mass is 10.0. The van der Waals surface area contributed by atoms with E-state index in [1.54, 1.807) is 12.3 Å². The third kappa shape index (κ3) is 3.08. The molecule has 0 atom stereocenters. The average molecular weight is 355 g/mol. The molecule has 136 valence electrons. The zero-order valence-corrected chi connectivity index (χ0v) is 14.5. The number of unbranched alkanes of at least 4 members (excludes halogenated alkanes) is 2. The van der Waals surface area contributed by atoms with Crippen molar-refractivity contribution in [1.29, 1.82) is 0 Å². The van der Waals surface area contributed by atoms with E-state index in [2.05, 4.69) is 21.8 Å². The molecule has 0 saturated heterocycles. The van der Waals surface area contributed by atoms with Crippen LogP contribution in [0.3, 0.4) is 0 Å². The highest BCUT2D eigenvalue weighted by atomic mass is 16.4. The van der Waals surface area contributed by atoms with Gasteiger partial charge < -0.3 is 20.1 Å². The highest BCUT2D eigenvalue weighted by Gasteiger charge is 2.20. The first kappa shape index (κ1) is 17.7. The molecule has 1 amide bonds. The van der Waals surface area contributed by atoms with Gasteiger partial charge in [0.25, 0.3) is 0 Å². The van der Waals surface area contributed by atoms with Crippen molar-refractivity contribution in [2.45, 2.75) is 39.2 Å². The normalized spacial score (nSPS) is 11.1.